The molecule has 1 amide bonds. The molecule has 0 saturated carbocycles. The normalized spacial score (nSPS) is 11.1. The molecule has 32 heavy (non-hydrogen) atoms. The zero-order chi connectivity index (χ0) is 23.0. The second-order valence-corrected chi connectivity index (χ2v) is 10.0. The van der Waals surface area contributed by atoms with E-state index < -0.39 is 10.0 Å². The number of sulfonamides is 1. The van der Waals surface area contributed by atoms with Crippen LogP contribution in [0, 0.1) is 6.92 Å². The van der Waals surface area contributed by atoms with Gasteiger partial charge in [0.2, 0.25) is 5.91 Å². The minimum Gasteiger partial charge on any atom is -0.495 e. The number of rotatable bonds is 10. The Morgan fingerprint density at radius 3 is 2.31 bits per heavy atom. The molecule has 168 valence electrons. The fourth-order valence-electron chi connectivity index (χ4n) is 3.08. The molecule has 0 atom stereocenters. The number of benzene rings is 3. The van der Waals surface area contributed by atoms with E-state index in [1.807, 2.05) is 43.3 Å². The smallest absolute Gasteiger partial charge is 0.264 e. The highest BCUT2D eigenvalue weighted by Gasteiger charge is 2.29. The SMILES string of the molecule is COc1ccc(C)cc1N(CC(=O)NCCSc1ccccc1)S(=O)(=O)c1ccccc1. The Labute approximate surface area is 193 Å². The van der Waals surface area contributed by atoms with E-state index in [9.17, 15) is 13.2 Å². The minimum absolute atomic E-state index is 0.107. The molecule has 0 spiro atoms. The molecule has 0 fully saturated rings. The Morgan fingerprint density at radius 1 is 1.00 bits per heavy atom. The molecule has 1 N–H and O–H groups in total. The van der Waals surface area contributed by atoms with E-state index in [2.05, 4.69) is 5.32 Å². The first kappa shape index (κ1) is 23.7. The van der Waals surface area contributed by atoms with Gasteiger partial charge in [-0.2, -0.15) is 0 Å². The van der Waals surface area contributed by atoms with Crippen LogP contribution in [0.2, 0.25) is 0 Å². The van der Waals surface area contributed by atoms with Crippen molar-refractivity contribution in [2.75, 3.05) is 30.3 Å². The molecule has 0 unspecified atom stereocenters. The van der Waals surface area contributed by atoms with Crippen molar-refractivity contribution >= 4 is 33.4 Å². The topological polar surface area (TPSA) is 75.7 Å². The molecule has 0 aliphatic rings. The zero-order valence-corrected chi connectivity index (χ0v) is 19.7. The van der Waals surface area contributed by atoms with Crippen molar-refractivity contribution in [3.05, 3.63) is 84.4 Å². The Kier molecular flexibility index (Phi) is 8.19. The van der Waals surface area contributed by atoms with Crippen molar-refractivity contribution in [1.82, 2.24) is 5.32 Å². The summed E-state index contributed by atoms with van der Waals surface area (Å²) in [6.07, 6.45) is 0. The maximum absolute atomic E-state index is 13.4. The molecule has 0 bridgehead atoms. The minimum atomic E-state index is -3.98. The van der Waals surface area contributed by atoms with Crippen LogP contribution >= 0.6 is 11.8 Å². The van der Waals surface area contributed by atoms with Gasteiger partial charge in [0.05, 0.1) is 17.7 Å². The van der Waals surface area contributed by atoms with E-state index in [0.29, 0.717) is 23.7 Å². The van der Waals surface area contributed by atoms with Gasteiger partial charge in [-0.25, -0.2) is 8.42 Å². The van der Waals surface area contributed by atoms with Gasteiger partial charge in [-0.3, -0.25) is 9.10 Å². The molecule has 3 rings (SSSR count). The summed E-state index contributed by atoms with van der Waals surface area (Å²) < 4.78 is 33.4. The van der Waals surface area contributed by atoms with Gasteiger partial charge in [0.1, 0.15) is 12.3 Å². The third-order valence-electron chi connectivity index (χ3n) is 4.66. The highest BCUT2D eigenvalue weighted by atomic mass is 32.2. The van der Waals surface area contributed by atoms with E-state index in [1.54, 1.807) is 42.1 Å². The molecule has 0 heterocycles. The first-order valence-electron chi connectivity index (χ1n) is 10.1. The maximum Gasteiger partial charge on any atom is 0.264 e. The lowest BCUT2D eigenvalue weighted by molar-refractivity contribution is -0.119. The van der Waals surface area contributed by atoms with Crippen molar-refractivity contribution in [3.63, 3.8) is 0 Å². The van der Waals surface area contributed by atoms with E-state index >= 15 is 0 Å². The Balaban J connectivity index is 1.79. The predicted molar refractivity (Wildman–Crippen MR) is 129 cm³/mol. The van der Waals surface area contributed by atoms with Gasteiger partial charge in [-0.1, -0.05) is 42.5 Å². The van der Waals surface area contributed by atoms with Gasteiger partial charge in [0.15, 0.2) is 0 Å². The molecular formula is C24H26N2O4S2. The van der Waals surface area contributed by atoms with Crippen LogP contribution < -0.4 is 14.4 Å². The molecule has 3 aromatic rings. The van der Waals surface area contributed by atoms with Crippen LogP contribution in [0.15, 0.2) is 88.7 Å². The fourth-order valence-corrected chi connectivity index (χ4v) is 5.31. The molecule has 0 aliphatic heterocycles. The monoisotopic (exact) mass is 470 g/mol. The highest BCUT2D eigenvalue weighted by molar-refractivity contribution is 7.99. The zero-order valence-electron chi connectivity index (χ0n) is 18.0. The van der Waals surface area contributed by atoms with Crippen LogP contribution in [0.5, 0.6) is 5.75 Å². The number of carbonyl (C=O) groups excluding carboxylic acids is 1. The average molecular weight is 471 g/mol. The van der Waals surface area contributed by atoms with Crippen LogP contribution in [0.3, 0.4) is 0 Å². The number of amides is 1. The van der Waals surface area contributed by atoms with E-state index in [-0.39, 0.29) is 17.3 Å². The van der Waals surface area contributed by atoms with Crippen molar-refractivity contribution < 1.29 is 17.9 Å². The highest BCUT2D eigenvalue weighted by Crippen LogP contribution is 2.33. The lowest BCUT2D eigenvalue weighted by Crippen LogP contribution is -2.41. The van der Waals surface area contributed by atoms with Gasteiger partial charge in [-0.05, 0) is 48.9 Å². The van der Waals surface area contributed by atoms with Crippen molar-refractivity contribution in [2.45, 2.75) is 16.7 Å². The van der Waals surface area contributed by atoms with Crippen LogP contribution in [-0.4, -0.2) is 40.3 Å². The van der Waals surface area contributed by atoms with Crippen molar-refractivity contribution in [1.29, 1.82) is 0 Å². The van der Waals surface area contributed by atoms with E-state index in [1.165, 1.54) is 19.2 Å². The number of ether oxygens (including phenoxy) is 1. The average Bonchev–Trinajstić information content (AvgIpc) is 2.81. The number of hydrogen-bond donors (Lipinski definition) is 1. The summed E-state index contributed by atoms with van der Waals surface area (Å²) in [5.41, 5.74) is 1.18. The number of nitrogens with one attached hydrogen (secondary N) is 1. The summed E-state index contributed by atoms with van der Waals surface area (Å²) in [7, 11) is -2.51. The number of carbonyl (C=O) groups is 1. The molecule has 8 heteroatoms. The summed E-state index contributed by atoms with van der Waals surface area (Å²) in [5.74, 6) is 0.666. The van der Waals surface area contributed by atoms with Gasteiger partial charge in [0, 0.05) is 17.2 Å². The third kappa shape index (κ3) is 6.05. The largest absolute Gasteiger partial charge is 0.495 e. The second kappa shape index (κ2) is 11.1. The number of nitrogens with zero attached hydrogens (tertiary/aromatic N) is 1. The summed E-state index contributed by atoms with van der Waals surface area (Å²) in [6, 6.07) is 23.2. The van der Waals surface area contributed by atoms with Gasteiger partial charge in [0.25, 0.3) is 10.0 Å². The molecule has 0 aromatic heterocycles. The number of hydrogen-bond acceptors (Lipinski definition) is 5. The number of methoxy groups -OCH3 is 1. The lowest BCUT2D eigenvalue weighted by Gasteiger charge is -2.26. The summed E-state index contributed by atoms with van der Waals surface area (Å²) >= 11 is 1.62. The van der Waals surface area contributed by atoms with Crippen LogP contribution in [0.1, 0.15) is 5.56 Å². The lowest BCUT2D eigenvalue weighted by atomic mass is 10.2. The van der Waals surface area contributed by atoms with Crippen LogP contribution in [-0.2, 0) is 14.8 Å². The van der Waals surface area contributed by atoms with Crippen molar-refractivity contribution in [2.24, 2.45) is 0 Å². The molecule has 0 radical (unpaired) electrons. The van der Waals surface area contributed by atoms with Gasteiger partial charge in [-0.15, -0.1) is 11.8 Å². The summed E-state index contributed by atoms with van der Waals surface area (Å²) in [4.78, 5) is 14.0. The molecule has 3 aromatic carbocycles. The van der Waals surface area contributed by atoms with Crippen molar-refractivity contribution in [3.8, 4) is 5.75 Å². The fraction of sp³-hybridized carbons (Fsp3) is 0.208. The standard InChI is InChI=1S/C24H26N2O4S2/c1-19-13-14-23(30-2)22(17-19)26(32(28,29)21-11-7-4-8-12-21)18-24(27)25-15-16-31-20-9-5-3-6-10-20/h3-14,17H,15-16,18H2,1-2H3,(H,25,27). The number of thioether (sulfide) groups is 1. The second-order valence-electron chi connectivity index (χ2n) is 7.01. The molecule has 6 nitrogen and oxygen atoms in total. The molecular weight excluding hydrogens is 444 g/mol. The first-order valence-corrected chi connectivity index (χ1v) is 12.5. The van der Waals surface area contributed by atoms with Gasteiger partial charge >= 0.3 is 0 Å². The Bertz CT molecular complexity index is 1140. The number of anilines is 1. The van der Waals surface area contributed by atoms with Crippen LogP contribution in [0.4, 0.5) is 5.69 Å². The quantitative estimate of drug-likeness (QED) is 0.357. The first-order chi connectivity index (χ1) is 15.4. The predicted octanol–water partition coefficient (Wildman–Crippen LogP) is 4.11. The van der Waals surface area contributed by atoms with E-state index in [0.717, 1.165) is 14.8 Å². The Morgan fingerprint density at radius 2 is 1.66 bits per heavy atom. The third-order valence-corrected chi connectivity index (χ3v) is 7.45. The Hall–Kier alpha value is -2.97. The molecule has 0 saturated heterocycles. The molecule has 0 aliphatic carbocycles. The van der Waals surface area contributed by atoms with E-state index in [4.69, 9.17) is 4.74 Å². The van der Waals surface area contributed by atoms with Crippen LogP contribution in [0.25, 0.3) is 0 Å². The summed E-state index contributed by atoms with van der Waals surface area (Å²) in [5, 5.41) is 2.82. The maximum atomic E-state index is 13.4. The summed E-state index contributed by atoms with van der Waals surface area (Å²) in [6.45, 7) is 1.92. The number of aryl methyl sites for hydroxylation is 1. The van der Waals surface area contributed by atoms with Gasteiger partial charge < -0.3 is 10.1 Å².